The van der Waals surface area contributed by atoms with Crippen molar-refractivity contribution >= 4 is 17.7 Å². The molecule has 0 aromatic heterocycles. The Morgan fingerprint density at radius 1 is 1.43 bits per heavy atom. The Morgan fingerprint density at radius 3 is 2.57 bits per heavy atom. The molecule has 5 heteroatoms. The third-order valence-electron chi connectivity index (χ3n) is 4.17. The highest BCUT2D eigenvalue weighted by Gasteiger charge is 2.45. The largest absolute Gasteiger partial charge is 0.478 e. The van der Waals surface area contributed by atoms with Gasteiger partial charge in [0.25, 0.3) is 5.91 Å². The second kappa shape index (κ2) is 5.31. The van der Waals surface area contributed by atoms with Crippen LogP contribution < -0.4 is 5.32 Å². The van der Waals surface area contributed by atoms with Gasteiger partial charge in [0.05, 0.1) is 5.56 Å². The van der Waals surface area contributed by atoms with E-state index in [2.05, 4.69) is 10.3 Å². The highest BCUT2D eigenvalue weighted by Crippen LogP contribution is 2.31. The molecule has 21 heavy (non-hydrogen) atoms. The summed E-state index contributed by atoms with van der Waals surface area (Å²) in [5, 5.41) is 12.1. The van der Waals surface area contributed by atoms with Gasteiger partial charge in [-0.25, -0.2) is 4.79 Å². The maximum absolute atomic E-state index is 12.4. The van der Waals surface area contributed by atoms with Crippen molar-refractivity contribution in [2.24, 2.45) is 10.9 Å². The molecular weight excluding hydrogens is 268 g/mol. The van der Waals surface area contributed by atoms with Gasteiger partial charge >= 0.3 is 5.97 Å². The Kier molecular flexibility index (Phi) is 3.85. The van der Waals surface area contributed by atoms with Crippen LogP contribution in [0.25, 0.3) is 0 Å². The minimum atomic E-state index is -1.02. The van der Waals surface area contributed by atoms with E-state index in [0.717, 1.165) is 5.56 Å². The van der Waals surface area contributed by atoms with Crippen molar-refractivity contribution in [1.29, 1.82) is 0 Å². The van der Waals surface area contributed by atoms with Crippen molar-refractivity contribution in [2.75, 3.05) is 0 Å². The quantitative estimate of drug-likeness (QED) is 0.892. The third kappa shape index (κ3) is 2.33. The Hall–Kier alpha value is -2.17. The molecule has 0 saturated carbocycles. The number of aryl methyl sites for hydroxylation is 1. The average molecular weight is 288 g/mol. The summed E-state index contributed by atoms with van der Waals surface area (Å²) < 4.78 is 0. The zero-order valence-corrected chi connectivity index (χ0v) is 12.7. The van der Waals surface area contributed by atoms with E-state index < -0.39 is 11.5 Å². The zero-order chi connectivity index (χ0) is 15.8. The number of amidine groups is 1. The molecule has 2 N–H and O–H groups in total. The van der Waals surface area contributed by atoms with Gasteiger partial charge in [-0.1, -0.05) is 32.9 Å². The molecule has 2 rings (SSSR count). The Bertz CT molecular complexity index is 634. The van der Waals surface area contributed by atoms with Crippen molar-refractivity contribution in [3.63, 3.8) is 0 Å². The lowest BCUT2D eigenvalue weighted by Gasteiger charge is -2.25. The number of hydrogen-bond donors (Lipinski definition) is 2. The van der Waals surface area contributed by atoms with Crippen LogP contribution in [0.2, 0.25) is 0 Å². The molecular formula is C16H20N2O3. The van der Waals surface area contributed by atoms with E-state index >= 15 is 0 Å². The Morgan fingerprint density at radius 2 is 2.10 bits per heavy atom. The second-order valence-electron chi connectivity index (χ2n) is 5.65. The highest BCUT2D eigenvalue weighted by atomic mass is 16.4. The van der Waals surface area contributed by atoms with Crippen molar-refractivity contribution in [2.45, 2.75) is 39.7 Å². The van der Waals surface area contributed by atoms with Crippen molar-refractivity contribution < 1.29 is 14.7 Å². The smallest absolute Gasteiger partial charge is 0.336 e. The van der Waals surface area contributed by atoms with E-state index in [1.165, 1.54) is 6.07 Å². The fourth-order valence-corrected chi connectivity index (χ4v) is 2.81. The lowest BCUT2D eigenvalue weighted by Crippen LogP contribution is -2.43. The first kappa shape index (κ1) is 15.2. The molecule has 0 fully saturated rings. The van der Waals surface area contributed by atoms with E-state index in [1.54, 1.807) is 6.07 Å². The normalized spacial score (nSPS) is 21.4. The van der Waals surface area contributed by atoms with E-state index in [1.807, 2.05) is 33.8 Å². The van der Waals surface area contributed by atoms with Gasteiger partial charge < -0.3 is 10.4 Å². The summed E-state index contributed by atoms with van der Waals surface area (Å²) in [4.78, 5) is 28.4. The third-order valence-corrected chi connectivity index (χ3v) is 4.17. The number of carboxylic acids is 1. The molecule has 0 aliphatic carbocycles. The number of hydrogen-bond acceptors (Lipinski definition) is 3. The van der Waals surface area contributed by atoms with Crippen molar-refractivity contribution in [3.8, 4) is 0 Å². The van der Waals surface area contributed by atoms with Gasteiger partial charge in [0.1, 0.15) is 11.4 Å². The molecule has 0 saturated heterocycles. The lowest BCUT2D eigenvalue weighted by atomic mass is 9.84. The van der Waals surface area contributed by atoms with E-state index in [4.69, 9.17) is 0 Å². The number of aliphatic imine (C=N–C) groups is 1. The fourth-order valence-electron chi connectivity index (χ4n) is 2.81. The number of amides is 1. The number of benzene rings is 1. The van der Waals surface area contributed by atoms with Gasteiger partial charge in [0.2, 0.25) is 0 Å². The summed E-state index contributed by atoms with van der Waals surface area (Å²) in [6.07, 6.45) is 0.578. The monoisotopic (exact) mass is 288 g/mol. The number of rotatable bonds is 4. The van der Waals surface area contributed by atoms with Gasteiger partial charge in [-0.05, 0) is 30.9 Å². The predicted molar refractivity (Wildman–Crippen MR) is 80.7 cm³/mol. The maximum Gasteiger partial charge on any atom is 0.336 e. The lowest BCUT2D eigenvalue weighted by molar-refractivity contribution is -0.125. The molecule has 1 amide bonds. The van der Waals surface area contributed by atoms with E-state index in [0.29, 0.717) is 17.8 Å². The fraction of sp³-hybridized carbons (Fsp3) is 0.438. The van der Waals surface area contributed by atoms with Gasteiger partial charge in [-0.2, -0.15) is 0 Å². The second-order valence-corrected chi connectivity index (χ2v) is 5.65. The molecule has 112 valence electrons. The van der Waals surface area contributed by atoms with Gasteiger partial charge in [0.15, 0.2) is 0 Å². The van der Waals surface area contributed by atoms with Crippen LogP contribution >= 0.6 is 0 Å². The van der Waals surface area contributed by atoms with Crippen LogP contribution in [0.3, 0.4) is 0 Å². The summed E-state index contributed by atoms with van der Waals surface area (Å²) in [6, 6.07) is 5.04. The number of carbonyl (C=O) groups excluding carboxylic acids is 1. The van der Waals surface area contributed by atoms with E-state index in [-0.39, 0.29) is 17.4 Å². The molecule has 1 aliphatic heterocycles. The molecule has 1 aromatic carbocycles. The standard InChI is InChI=1S/C16H20N2O3/c1-5-16(9(2)3)15(21)17-13(18-16)12-10(4)7-6-8-11(12)14(19)20/h6-9H,5H2,1-4H3,(H,19,20)(H,17,18,21). The van der Waals surface area contributed by atoms with Crippen LogP contribution in [0.1, 0.15) is 48.7 Å². The van der Waals surface area contributed by atoms with Crippen molar-refractivity contribution in [1.82, 2.24) is 5.32 Å². The maximum atomic E-state index is 12.4. The molecule has 5 nitrogen and oxygen atoms in total. The molecule has 1 aliphatic rings. The van der Waals surface area contributed by atoms with Crippen molar-refractivity contribution in [3.05, 3.63) is 34.9 Å². The van der Waals surface area contributed by atoms with Crippen LogP contribution in [0, 0.1) is 12.8 Å². The molecule has 0 radical (unpaired) electrons. The first-order valence-corrected chi connectivity index (χ1v) is 7.08. The number of aromatic carboxylic acids is 1. The number of carboxylic acid groups (broad SMARTS) is 1. The predicted octanol–water partition coefficient (Wildman–Crippen LogP) is 2.37. The van der Waals surface area contributed by atoms with Gasteiger partial charge in [-0.3, -0.25) is 9.79 Å². The minimum absolute atomic E-state index is 0.0392. The topological polar surface area (TPSA) is 78.8 Å². The molecule has 1 atom stereocenters. The summed E-state index contributed by atoms with van der Waals surface area (Å²) >= 11 is 0. The first-order valence-electron chi connectivity index (χ1n) is 7.08. The van der Waals surface area contributed by atoms with Crippen LogP contribution in [-0.2, 0) is 4.79 Å². The van der Waals surface area contributed by atoms with Gasteiger partial charge in [-0.15, -0.1) is 0 Å². The molecule has 1 heterocycles. The van der Waals surface area contributed by atoms with Crippen LogP contribution in [-0.4, -0.2) is 28.4 Å². The van der Waals surface area contributed by atoms with E-state index in [9.17, 15) is 14.7 Å². The average Bonchev–Trinajstić information content (AvgIpc) is 2.76. The number of nitrogens with one attached hydrogen (secondary N) is 1. The SMILES string of the molecule is CCC1(C(C)C)N=C(c2c(C)cccc2C(=O)O)NC1=O. The molecule has 1 unspecified atom stereocenters. The van der Waals surface area contributed by atoms with Crippen LogP contribution in [0.5, 0.6) is 0 Å². The molecule has 1 aromatic rings. The summed E-state index contributed by atoms with van der Waals surface area (Å²) in [5.74, 6) is -0.776. The number of nitrogens with zero attached hydrogens (tertiary/aromatic N) is 1. The Balaban J connectivity index is 2.62. The molecule has 0 spiro atoms. The minimum Gasteiger partial charge on any atom is -0.478 e. The summed E-state index contributed by atoms with van der Waals surface area (Å²) in [7, 11) is 0. The van der Waals surface area contributed by atoms with Crippen LogP contribution in [0.15, 0.2) is 23.2 Å². The van der Waals surface area contributed by atoms with Crippen LogP contribution in [0.4, 0.5) is 0 Å². The summed E-state index contributed by atoms with van der Waals surface area (Å²) in [5.41, 5.74) is 0.622. The Labute approximate surface area is 124 Å². The zero-order valence-electron chi connectivity index (χ0n) is 12.7. The molecule has 0 bridgehead atoms. The van der Waals surface area contributed by atoms with Gasteiger partial charge in [0, 0.05) is 5.56 Å². The summed E-state index contributed by atoms with van der Waals surface area (Å²) in [6.45, 7) is 7.64. The highest BCUT2D eigenvalue weighted by molar-refractivity contribution is 6.19. The first-order chi connectivity index (χ1) is 9.83. The number of carbonyl (C=O) groups is 2.